The molecule has 72 valence electrons. The summed E-state index contributed by atoms with van der Waals surface area (Å²) in [7, 11) is 0. The second-order valence-electron chi connectivity index (χ2n) is 2.47. The van der Waals surface area contributed by atoms with Crippen molar-refractivity contribution in [2.75, 3.05) is 0 Å². The molecule has 0 unspecified atom stereocenters. The van der Waals surface area contributed by atoms with Crippen molar-refractivity contribution in [1.82, 2.24) is 15.2 Å². The van der Waals surface area contributed by atoms with E-state index in [9.17, 15) is 4.79 Å². The Bertz CT molecular complexity index is 493. The first-order valence-corrected chi connectivity index (χ1v) is 3.63. The number of carbonyl (C=O) groups is 1. The highest BCUT2D eigenvalue weighted by atomic mass is 16.7. The molecule has 0 aliphatic carbocycles. The molecule has 0 saturated carbocycles. The zero-order valence-corrected chi connectivity index (χ0v) is 6.78. The molecular formula is C7H5N3O4. The third-order valence-corrected chi connectivity index (χ3v) is 1.62. The molecule has 7 heteroatoms. The van der Waals surface area contributed by atoms with Crippen LogP contribution >= 0.6 is 0 Å². The summed E-state index contributed by atoms with van der Waals surface area (Å²) in [6.07, 6.45) is -1.44. The van der Waals surface area contributed by atoms with Gasteiger partial charge in [0.25, 0.3) is 0 Å². The number of aromatic nitrogens is 3. The van der Waals surface area contributed by atoms with Crippen LogP contribution in [0.4, 0.5) is 4.79 Å². The van der Waals surface area contributed by atoms with E-state index >= 15 is 0 Å². The zero-order valence-electron chi connectivity index (χ0n) is 6.78. The molecule has 0 atom stereocenters. The van der Waals surface area contributed by atoms with Crippen molar-refractivity contribution < 1.29 is 19.8 Å². The molecule has 2 rings (SSSR count). The Morgan fingerprint density at radius 1 is 1.50 bits per heavy atom. The van der Waals surface area contributed by atoms with Gasteiger partial charge in [-0.15, -0.1) is 5.10 Å². The van der Waals surface area contributed by atoms with Gasteiger partial charge in [-0.1, -0.05) is 10.9 Å². The van der Waals surface area contributed by atoms with Gasteiger partial charge in [0.05, 0.1) is 0 Å². The number of hydrogen-bond acceptors (Lipinski definition) is 5. The molecule has 0 spiro atoms. The summed E-state index contributed by atoms with van der Waals surface area (Å²) in [5.41, 5.74) is 0.473. The van der Waals surface area contributed by atoms with Gasteiger partial charge in [0.15, 0.2) is 11.3 Å². The molecule has 14 heavy (non-hydrogen) atoms. The number of ether oxygens (including phenoxy) is 1. The Hall–Kier alpha value is -2.31. The standard InChI is InChI=1S/C7H5N3O4/c11-7(12)14-5-3-1-2-4-6(5)8-9-10(4)13/h1-3,13H,(H,11,12). The molecule has 1 aromatic carbocycles. The lowest BCUT2D eigenvalue weighted by atomic mass is 10.3. The van der Waals surface area contributed by atoms with Gasteiger partial charge in [-0.2, -0.15) is 0 Å². The highest BCUT2D eigenvalue weighted by Crippen LogP contribution is 2.22. The smallest absolute Gasteiger partial charge is 0.449 e. The van der Waals surface area contributed by atoms with Crippen LogP contribution in [0.2, 0.25) is 0 Å². The van der Waals surface area contributed by atoms with Crippen LogP contribution in [0.1, 0.15) is 0 Å². The van der Waals surface area contributed by atoms with Crippen LogP contribution in [-0.2, 0) is 0 Å². The van der Waals surface area contributed by atoms with Crippen LogP contribution in [0.3, 0.4) is 0 Å². The van der Waals surface area contributed by atoms with Crippen molar-refractivity contribution in [3.8, 4) is 5.75 Å². The minimum Gasteiger partial charge on any atom is -0.449 e. The summed E-state index contributed by atoms with van der Waals surface area (Å²) >= 11 is 0. The van der Waals surface area contributed by atoms with E-state index < -0.39 is 6.16 Å². The lowest BCUT2D eigenvalue weighted by molar-refractivity contribution is 0.145. The van der Waals surface area contributed by atoms with Crippen molar-refractivity contribution in [3.05, 3.63) is 18.2 Å². The van der Waals surface area contributed by atoms with Crippen molar-refractivity contribution in [3.63, 3.8) is 0 Å². The van der Waals surface area contributed by atoms with Crippen LogP contribution in [0.5, 0.6) is 5.75 Å². The lowest BCUT2D eigenvalue weighted by Crippen LogP contribution is -2.03. The molecule has 0 radical (unpaired) electrons. The summed E-state index contributed by atoms with van der Waals surface area (Å²) in [5, 5.41) is 24.4. The molecule has 7 nitrogen and oxygen atoms in total. The predicted octanol–water partition coefficient (Wildman–Crippen LogP) is 0.725. The minimum absolute atomic E-state index is 0.0373. The van der Waals surface area contributed by atoms with E-state index in [1.807, 2.05) is 0 Å². The third kappa shape index (κ3) is 1.20. The first-order chi connectivity index (χ1) is 6.68. The Labute approximate surface area is 77.1 Å². The quantitative estimate of drug-likeness (QED) is 0.395. The van der Waals surface area contributed by atoms with Gasteiger partial charge in [-0.3, -0.25) is 0 Å². The molecule has 2 N–H and O–H groups in total. The van der Waals surface area contributed by atoms with Crippen LogP contribution < -0.4 is 4.74 Å². The van der Waals surface area contributed by atoms with Gasteiger partial charge in [0.1, 0.15) is 5.52 Å². The summed E-state index contributed by atoms with van der Waals surface area (Å²) in [6.45, 7) is 0. The fourth-order valence-corrected chi connectivity index (χ4v) is 1.08. The molecule has 0 aliphatic heterocycles. The molecular weight excluding hydrogens is 190 g/mol. The minimum atomic E-state index is -1.44. The van der Waals surface area contributed by atoms with Gasteiger partial charge in [-0.05, 0) is 17.3 Å². The summed E-state index contributed by atoms with van der Waals surface area (Å²) in [5.74, 6) is 0.0373. The van der Waals surface area contributed by atoms with E-state index in [0.717, 1.165) is 0 Å². The number of rotatable bonds is 1. The van der Waals surface area contributed by atoms with E-state index in [0.29, 0.717) is 4.85 Å². The second kappa shape index (κ2) is 2.87. The summed E-state index contributed by atoms with van der Waals surface area (Å²) in [6, 6.07) is 4.48. The van der Waals surface area contributed by atoms with Gasteiger partial charge < -0.3 is 15.1 Å². The van der Waals surface area contributed by atoms with Gasteiger partial charge in [0, 0.05) is 0 Å². The fraction of sp³-hybridized carbons (Fsp3) is 0. The number of nitrogens with zero attached hydrogens (tertiary/aromatic N) is 3. The van der Waals surface area contributed by atoms with E-state index in [1.54, 1.807) is 0 Å². The van der Waals surface area contributed by atoms with Gasteiger partial charge in [-0.25, -0.2) is 4.79 Å². The van der Waals surface area contributed by atoms with E-state index in [-0.39, 0.29) is 16.8 Å². The largest absolute Gasteiger partial charge is 0.511 e. The maximum Gasteiger partial charge on any atom is 0.511 e. The maximum atomic E-state index is 10.3. The monoisotopic (exact) mass is 195 g/mol. The van der Waals surface area contributed by atoms with E-state index in [1.165, 1.54) is 18.2 Å². The first kappa shape index (κ1) is 8.30. The van der Waals surface area contributed by atoms with Crippen LogP contribution in [0.15, 0.2) is 18.2 Å². The van der Waals surface area contributed by atoms with Crippen molar-refractivity contribution in [2.24, 2.45) is 0 Å². The summed E-state index contributed by atoms with van der Waals surface area (Å²) < 4.78 is 4.43. The SMILES string of the molecule is O=C(O)Oc1cccc2c1nnn2O. The van der Waals surface area contributed by atoms with Gasteiger partial charge in [0.2, 0.25) is 0 Å². The lowest BCUT2D eigenvalue weighted by Gasteiger charge is -1.98. The average molecular weight is 195 g/mol. The highest BCUT2D eigenvalue weighted by molar-refractivity contribution is 5.82. The Morgan fingerprint density at radius 2 is 2.29 bits per heavy atom. The average Bonchev–Trinajstić information content (AvgIpc) is 2.49. The van der Waals surface area contributed by atoms with Crippen molar-refractivity contribution in [2.45, 2.75) is 0 Å². The van der Waals surface area contributed by atoms with Crippen LogP contribution in [0, 0.1) is 0 Å². The highest BCUT2D eigenvalue weighted by Gasteiger charge is 2.11. The first-order valence-electron chi connectivity index (χ1n) is 3.63. The number of fused-ring (bicyclic) bond motifs is 1. The molecule has 1 heterocycles. The van der Waals surface area contributed by atoms with E-state index in [2.05, 4.69) is 15.0 Å². The number of benzene rings is 1. The molecule has 0 aliphatic rings. The van der Waals surface area contributed by atoms with Gasteiger partial charge >= 0.3 is 6.16 Å². The third-order valence-electron chi connectivity index (χ3n) is 1.62. The Balaban J connectivity index is 2.59. The van der Waals surface area contributed by atoms with Crippen LogP contribution in [-0.4, -0.2) is 31.6 Å². The zero-order chi connectivity index (χ0) is 10.1. The molecule has 0 saturated heterocycles. The van der Waals surface area contributed by atoms with Crippen molar-refractivity contribution >= 4 is 17.2 Å². The number of carboxylic acid groups (broad SMARTS) is 1. The maximum absolute atomic E-state index is 10.3. The molecule has 1 aromatic heterocycles. The Morgan fingerprint density at radius 3 is 3.00 bits per heavy atom. The van der Waals surface area contributed by atoms with Crippen LogP contribution in [0.25, 0.3) is 11.0 Å². The van der Waals surface area contributed by atoms with Crippen molar-refractivity contribution in [1.29, 1.82) is 0 Å². The molecule has 0 amide bonds. The number of hydrogen-bond donors (Lipinski definition) is 2. The topological polar surface area (TPSA) is 97.5 Å². The molecule has 2 aromatic rings. The molecule has 0 fully saturated rings. The Kier molecular flexibility index (Phi) is 1.70. The normalized spacial score (nSPS) is 10.3. The fourth-order valence-electron chi connectivity index (χ4n) is 1.08. The van der Waals surface area contributed by atoms with E-state index in [4.69, 9.17) is 10.3 Å². The predicted molar refractivity (Wildman–Crippen MR) is 43.4 cm³/mol. The summed E-state index contributed by atoms with van der Waals surface area (Å²) in [4.78, 5) is 10.8. The second-order valence-corrected chi connectivity index (χ2v) is 2.47. The molecule has 0 bridgehead atoms.